The van der Waals surface area contributed by atoms with E-state index in [9.17, 15) is 9.18 Å². The highest BCUT2D eigenvalue weighted by molar-refractivity contribution is 9.10. The van der Waals surface area contributed by atoms with Crippen molar-refractivity contribution in [2.24, 2.45) is 0 Å². The van der Waals surface area contributed by atoms with Crippen LogP contribution in [0.1, 0.15) is 18.9 Å². The van der Waals surface area contributed by atoms with E-state index in [1.165, 1.54) is 12.1 Å². The summed E-state index contributed by atoms with van der Waals surface area (Å²) >= 11 is 3.14. The van der Waals surface area contributed by atoms with Crippen LogP contribution in [0.2, 0.25) is 0 Å². The van der Waals surface area contributed by atoms with Gasteiger partial charge in [0.25, 0.3) is 5.89 Å². The van der Waals surface area contributed by atoms with E-state index in [0.717, 1.165) is 5.56 Å². The van der Waals surface area contributed by atoms with Gasteiger partial charge in [0, 0.05) is 10.0 Å². The Morgan fingerprint density at radius 3 is 2.73 bits per heavy atom. The van der Waals surface area contributed by atoms with Crippen LogP contribution in [0.25, 0.3) is 11.5 Å². The SMILES string of the molecule is CC(OC(=O)COc1ccc(Br)cc1F)c1nnc(-c2ccccc2)o1. The van der Waals surface area contributed by atoms with E-state index in [2.05, 4.69) is 26.1 Å². The van der Waals surface area contributed by atoms with Gasteiger partial charge in [0.05, 0.1) is 0 Å². The number of aromatic nitrogens is 2. The van der Waals surface area contributed by atoms with Crippen molar-refractivity contribution in [2.75, 3.05) is 6.61 Å². The zero-order chi connectivity index (χ0) is 18.5. The third kappa shape index (κ3) is 4.45. The molecule has 1 aromatic heterocycles. The normalized spacial score (nSPS) is 11.8. The van der Waals surface area contributed by atoms with Crippen LogP contribution in [0, 0.1) is 5.82 Å². The van der Waals surface area contributed by atoms with Crippen molar-refractivity contribution in [2.45, 2.75) is 13.0 Å². The molecule has 0 fully saturated rings. The number of benzene rings is 2. The van der Waals surface area contributed by atoms with Gasteiger partial charge in [0.2, 0.25) is 5.89 Å². The number of carbonyl (C=O) groups excluding carboxylic acids is 1. The van der Waals surface area contributed by atoms with E-state index < -0.39 is 24.5 Å². The molecule has 1 heterocycles. The molecule has 26 heavy (non-hydrogen) atoms. The molecule has 0 spiro atoms. The van der Waals surface area contributed by atoms with Gasteiger partial charge in [-0.1, -0.05) is 34.1 Å². The molecule has 0 amide bonds. The monoisotopic (exact) mass is 420 g/mol. The Bertz CT molecular complexity index is 901. The molecular formula is C18H14BrFN2O4. The van der Waals surface area contributed by atoms with Crippen LogP contribution in [-0.4, -0.2) is 22.8 Å². The number of hydrogen-bond acceptors (Lipinski definition) is 6. The van der Waals surface area contributed by atoms with Crippen LogP contribution in [0.3, 0.4) is 0 Å². The van der Waals surface area contributed by atoms with Gasteiger partial charge in [-0.05, 0) is 37.3 Å². The van der Waals surface area contributed by atoms with Gasteiger partial charge in [-0.2, -0.15) is 0 Å². The predicted octanol–water partition coefficient (Wildman–Crippen LogP) is 4.32. The van der Waals surface area contributed by atoms with Gasteiger partial charge < -0.3 is 13.9 Å². The van der Waals surface area contributed by atoms with E-state index in [1.54, 1.807) is 13.0 Å². The van der Waals surface area contributed by atoms with Crippen LogP contribution < -0.4 is 4.74 Å². The van der Waals surface area contributed by atoms with E-state index in [1.807, 2.05) is 30.3 Å². The first-order valence-electron chi connectivity index (χ1n) is 7.69. The zero-order valence-electron chi connectivity index (χ0n) is 13.7. The second-order valence-electron chi connectivity index (χ2n) is 5.31. The number of nitrogens with zero attached hydrogens (tertiary/aromatic N) is 2. The third-order valence-corrected chi connectivity index (χ3v) is 3.85. The highest BCUT2D eigenvalue weighted by atomic mass is 79.9. The zero-order valence-corrected chi connectivity index (χ0v) is 15.3. The third-order valence-electron chi connectivity index (χ3n) is 3.36. The number of esters is 1. The summed E-state index contributed by atoms with van der Waals surface area (Å²) in [7, 11) is 0. The molecule has 3 rings (SSSR count). The fourth-order valence-electron chi connectivity index (χ4n) is 2.11. The summed E-state index contributed by atoms with van der Waals surface area (Å²) in [6.45, 7) is 1.16. The van der Waals surface area contributed by atoms with E-state index in [4.69, 9.17) is 13.9 Å². The number of carbonyl (C=O) groups is 1. The fraction of sp³-hybridized carbons (Fsp3) is 0.167. The molecule has 1 unspecified atom stereocenters. The van der Waals surface area contributed by atoms with Crippen molar-refractivity contribution in [3.8, 4) is 17.2 Å². The number of rotatable bonds is 6. The Balaban J connectivity index is 1.57. The number of ether oxygens (including phenoxy) is 2. The van der Waals surface area contributed by atoms with Crippen molar-refractivity contribution in [3.63, 3.8) is 0 Å². The summed E-state index contributed by atoms with van der Waals surface area (Å²) in [5, 5.41) is 7.82. The minimum absolute atomic E-state index is 0.0399. The smallest absolute Gasteiger partial charge is 0.344 e. The van der Waals surface area contributed by atoms with Crippen molar-refractivity contribution in [1.82, 2.24) is 10.2 Å². The second-order valence-corrected chi connectivity index (χ2v) is 6.22. The lowest BCUT2D eigenvalue weighted by molar-refractivity contribution is -0.152. The van der Waals surface area contributed by atoms with Crippen molar-refractivity contribution in [3.05, 3.63) is 64.7 Å². The van der Waals surface area contributed by atoms with Crippen LogP contribution >= 0.6 is 15.9 Å². The molecule has 0 bridgehead atoms. The Kier molecular flexibility index (Phi) is 5.62. The van der Waals surface area contributed by atoms with Crippen molar-refractivity contribution >= 4 is 21.9 Å². The van der Waals surface area contributed by atoms with Gasteiger partial charge in [-0.25, -0.2) is 9.18 Å². The molecule has 0 aliphatic heterocycles. The average molecular weight is 421 g/mol. The largest absolute Gasteiger partial charge is 0.479 e. The number of hydrogen-bond donors (Lipinski definition) is 0. The van der Waals surface area contributed by atoms with Crippen LogP contribution in [0.4, 0.5) is 4.39 Å². The molecule has 3 aromatic rings. The molecule has 6 nitrogen and oxygen atoms in total. The maximum Gasteiger partial charge on any atom is 0.344 e. The molecule has 0 N–H and O–H groups in total. The summed E-state index contributed by atoms with van der Waals surface area (Å²) in [6, 6.07) is 13.5. The number of halogens is 2. The van der Waals surface area contributed by atoms with Crippen molar-refractivity contribution in [1.29, 1.82) is 0 Å². The molecule has 0 radical (unpaired) electrons. The highest BCUT2D eigenvalue weighted by Crippen LogP contribution is 2.23. The molecule has 0 aliphatic rings. The first-order valence-corrected chi connectivity index (χ1v) is 8.48. The lowest BCUT2D eigenvalue weighted by atomic mass is 10.2. The summed E-state index contributed by atoms with van der Waals surface area (Å²) in [4.78, 5) is 11.9. The molecular weight excluding hydrogens is 407 g/mol. The molecule has 8 heteroatoms. The average Bonchev–Trinajstić information content (AvgIpc) is 3.12. The first-order chi connectivity index (χ1) is 12.5. The molecule has 1 atom stereocenters. The Morgan fingerprint density at radius 2 is 2.00 bits per heavy atom. The van der Waals surface area contributed by atoms with E-state index in [-0.39, 0.29) is 11.6 Å². The minimum atomic E-state index is -0.758. The summed E-state index contributed by atoms with van der Waals surface area (Å²) in [5.74, 6) is -0.811. The van der Waals surface area contributed by atoms with Crippen LogP contribution in [-0.2, 0) is 9.53 Å². The molecule has 0 saturated carbocycles. The minimum Gasteiger partial charge on any atom is -0.479 e. The maximum absolute atomic E-state index is 13.7. The second kappa shape index (κ2) is 8.09. The van der Waals surface area contributed by atoms with Gasteiger partial charge in [-0.3, -0.25) is 0 Å². The van der Waals surface area contributed by atoms with E-state index in [0.29, 0.717) is 10.4 Å². The Morgan fingerprint density at radius 1 is 1.23 bits per heavy atom. The molecule has 134 valence electrons. The van der Waals surface area contributed by atoms with Crippen LogP contribution in [0.15, 0.2) is 57.4 Å². The van der Waals surface area contributed by atoms with Gasteiger partial charge >= 0.3 is 5.97 Å². The summed E-state index contributed by atoms with van der Waals surface area (Å²) in [6.07, 6.45) is -0.758. The lowest BCUT2D eigenvalue weighted by Crippen LogP contribution is -2.17. The first kappa shape index (κ1) is 18.1. The molecule has 0 saturated heterocycles. The quantitative estimate of drug-likeness (QED) is 0.552. The predicted molar refractivity (Wildman–Crippen MR) is 93.8 cm³/mol. The topological polar surface area (TPSA) is 74.5 Å². The van der Waals surface area contributed by atoms with Gasteiger partial charge in [-0.15, -0.1) is 10.2 Å². The van der Waals surface area contributed by atoms with Crippen LogP contribution in [0.5, 0.6) is 5.75 Å². The standard InChI is InChI=1S/C18H14BrFN2O4/c1-11(17-21-22-18(26-17)12-5-3-2-4-6-12)25-16(23)10-24-15-8-7-13(19)9-14(15)20/h2-9,11H,10H2,1H3. The summed E-state index contributed by atoms with van der Waals surface area (Å²) in [5.41, 5.74) is 0.763. The Hall–Kier alpha value is -2.74. The van der Waals surface area contributed by atoms with Gasteiger partial charge in [0.1, 0.15) is 0 Å². The lowest BCUT2D eigenvalue weighted by Gasteiger charge is -2.10. The fourth-order valence-corrected chi connectivity index (χ4v) is 2.44. The maximum atomic E-state index is 13.7. The molecule has 2 aromatic carbocycles. The van der Waals surface area contributed by atoms with Gasteiger partial charge in [0.15, 0.2) is 24.3 Å². The highest BCUT2D eigenvalue weighted by Gasteiger charge is 2.19. The summed E-state index contributed by atoms with van der Waals surface area (Å²) < 4.78 is 30.1. The Labute approximate surface area is 157 Å². The molecule has 0 aliphatic carbocycles. The van der Waals surface area contributed by atoms with E-state index >= 15 is 0 Å². The van der Waals surface area contributed by atoms with Crippen molar-refractivity contribution < 1.29 is 23.1 Å².